The number of rotatable bonds is 4. The first kappa shape index (κ1) is 17.5. The van der Waals surface area contributed by atoms with Crippen LogP contribution in [0.25, 0.3) is 0 Å². The number of hydrogen-bond acceptors (Lipinski definition) is 2. The molecule has 1 aromatic carbocycles. The molecule has 1 atom stereocenters. The van der Waals surface area contributed by atoms with E-state index in [9.17, 15) is 14.7 Å². The fraction of sp³-hybridized carbons (Fsp3) is 0.467. The molecule has 0 aliphatic rings. The molecule has 1 aromatic rings. The van der Waals surface area contributed by atoms with E-state index in [4.69, 9.17) is 0 Å². The van der Waals surface area contributed by atoms with Crippen molar-refractivity contribution >= 4 is 27.9 Å². The van der Waals surface area contributed by atoms with Gasteiger partial charge >= 0.3 is 12.0 Å². The average Bonchev–Trinajstić information content (AvgIpc) is 2.36. The lowest BCUT2D eigenvalue weighted by Gasteiger charge is -2.29. The van der Waals surface area contributed by atoms with E-state index in [1.807, 2.05) is 24.3 Å². The van der Waals surface area contributed by atoms with E-state index in [2.05, 4.69) is 21.2 Å². The summed E-state index contributed by atoms with van der Waals surface area (Å²) in [6.45, 7) is 5.75. The lowest BCUT2D eigenvalue weighted by atomic mass is 9.87. The molecular weight excluding hydrogens is 336 g/mol. The molecule has 0 bridgehead atoms. The van der Waals surface area contributed by atoms with Crippen LogP contribution in [-0.4, -0.2) is 35.1 Å². The second-order valence-electron chi connectivity index (χ2n) is 6.07. The van der Waals surface area contributed by atoms with E-state index in [-0.39, 0.29) is 0 Å². The molecule has 0 heterocycles. The fourth-order valence-corrected chi connectivity index (χ4v) is 2.08. The Morgan fingerprint density at radius 1 is 1.29 bits per heavy atom. The molecule has 21 heavy (non-hydrogen) atoms. The first-order chi connectivity index (χ1) is 9.61. The first-order valence-corrected chi connectivity index (χ1v) is 7.39. The van der Waals surface area contributed by atoms with Crippen molar-refractivity contribution in [1.82, 2.24) is 10.2 Å². The van der Waals surface area contributed by atoms with Crippen LogP contribution in [0.4, 0.5) is 4.79 Å². The van der Waals surface area contributed by atoms with Crippen molar-refractivity contribution in [3.05, 3.63) is 34.3 Å². The predicted octanol–water partition coefficient (Wildman–Crippen LogP) is 3.09. The normalized spacial score (nSPS) is 12.6. The summed E-state index contributed by atoms with van der Waals surface area (Å²) in [6, 6.07) is 6.28. The largest absolute Gasteiger partial charge is 0.480 e. The summed E-state index contributed by atoms with van der Waals surface area (Å²) in [5, 5.41) is 11.8. The van der Waals surface area contributed by atoms with Crippen LogP contribution in [0.5, 0.6) is 0 Å². The summed E-state index contributed by atoms with van der Waals surface area (Å²) in [7, 11) is 1.64. The summed E-state index contributed by atoms with van der Waals surface area (Å²) < 4.78 is 0.969. The number of nitrogens with one attached hydrogen (secondary N) is 1. The lowest BCUT2D eigenvalue weighted by Crippen LogP contribution is -2.52. The Bertz CT molecular complexity index is 509. The molecule has 0 aliphatic heterocycles. The average molecular weight is 357 g/mol. The minimum absolute atomic E-state index is 0.403. The Kier molecular flexibility index (Phi) is 5.78. The topological polar surface area (TPSA) is 69.6 Å². The molecule has 116 valence electrons. The molecule has 2 amide bonds. The van der Waals surface area contributed by atoms with Gasteiger partial charge in [-0.15, -0.1) is 0 Å². The van der Waals surface area contributed by atoms with Crippen molar-refractivity contribution in [3.8, 4) is 0 Å². The third kappa shape index (κ3) is 5.38. The zero-order valence-corrected chi connectivity index (χ0v) is 14.3. The zero-order chi connectivity index (χ0) is 16.2. The molecule has 0 spiro atoms. The van der Waals surface area contributed by atoms with E-state index in [1.54, 1.807) is 27.8 Å². The molecule has 0 radical (unpaired) electrons. The van der Waals surface area contributed by atoms with Gasteiger partial charge in [0.2, 0.25) is 0 Å². The first-order valence-electron chi connectivity index (χ1n) is 6.60. The Morgan fingerprint density at radius 3 is 2.24 bits per heavy atom. The molecule has 0 saturated carbocycles. The van der Waals surface area contributed by atoms with Gasteiger partial charge in [0, 0.05) is 18.1 Å². The highest BCUT2D eigenvalue weighted by atomic mass is 79.9. The molecule has 1 rings (SSSR count). The van der Waals surface area contributed by atoms with Gasteiger partial charge in [-0.3, -0.25) is 0 Å². The fourth-order valence-electron chi connectivity index (χ4n) is 1.82. The van der Waals surface area contributed by atoms with E-state index in [0.717, 1.165) is 10.0 Å². The summed E-state index contributed by atoms with van der Waals surface area (Å²) in [4.78, 5) is 24.8. The van der Waals surface area contributed by atoms with Crippen molar-refractivity contribution in [2.45, 2.75) is 33.4 Å². The third-order valence-corrected chi connectivity index (χ3v) is 3.59. The number of aliphatic carboxylic acids is 1. The van der Waals surface area contributed by atoms with Crippen molar-refractivity contribution in [1.29, 1.82) is 0 Å². The number of nitrogens with zero attached hydrogens (tertiary/aromatic N) is 1. The van der Waals surface area contributed by atoms with Crippen LogP contribution in [0, 0.1) is 5.41 Å². The standard InChI is InChI=1S/C15H21BrN2O3/c1-15(2,3)12(13(19)20)17-14(21)18(4)9-10-5-7-11(16)8-6-10/h5-8,12H,9H2,1-4H3,(H,17,21)(H,19,20). The highest BCUT2D eigenvalue weighted by Gasteiger charge is 2.33. The Hall–Kier alpha value is -1.56. The number of urea groups is 1. The van der Waals surface area contributed by atoms with Crippen LogP contribution in [0.2, 0.25) is 0 Å². The minimum atomic E-state index is -1.03. The highest BCUT2D eigenvalue weighted by molar-refractivity contribution is 9.10. The molecule has 0 aliphatic carbocycles. The molecule has 0 aromatic heterocycles. The van der Waals surface area contributed by atoms with Gasteiger partial charge in [0.1, 0.15) is 6.04 Å². The van der Waals surface area contributed by atoms with Gasteiger partial charge in [-0.05, 0) is 23.1 Å². The quantitative estimate of drug-likeness (QED) is 0.870. The number of hydrogen-bond donors (Lipinski definition) is 2. The highest BCUT2D eigenvalue weighted by Crippen LogP contribution is 2.20. The van der Waals surface area contributed by atoms with Crippen LogP contribution in [0.3, 0.4) is 0 Å². The molecule has 0 saturated heterocycles. The van der Waals surface area contributed by atoms with Gasteiger partial charge in [0.15, 0.2) is 0 Å². The molecule has 5 nitrogen and oxygen atoms in total. The van der Waals surface area contributed by atoms with E-state index >= 15 is 0 Å². The number of carbonyl (C=O) groups is 2. The number of halogens is 1. The Labute approximate surface area is 133 Å². The predicted molar refractivity (Wildman–Crippen MR) is 85.0 cm³/mol. The Morgan fingerprint density at radius 2 is 1.81 bits per heavy atom. The van der Waals surface area contributed by atoms with E-state index in [0.29, 0.717) is 6.54 Å². The van der Waals surface area contributed by atoms with Crippen molar-refractivity contribution < 1.29 is 14.7 Å². The van der Waals surface area contributed by atoms with Gasteiger partial charge in [-0.1, -0.05) is 48.8 Å². The SMILES string of the molecule is CN(Cc1ccc(Br)cc1)C(=O)NC(C(=O)O)C(C)(C)C. The van der Waals surface area contributed by atoms with Crippen LogP contribution >= 0.6 is 15.9 Å². The van der Waals surface area contributed by atoms with Gasteiger partial charge in [-0.2, -0.15) is 0 Å². The van der Waals surface area contributed by atoms with Crippen LogP contribution in [0.1, 0.15) is 26.3 Å². The maximum atomic E-state index is 12.1. The van der Waals surface area contributed by atoms with E-state index < -0.39 is 23.5 Å². The van der Waals surface area contributed by atoms with Crippen LogP contribution < -0.4 is 5.32 Å². The van der Waals surface area contributed by atoms with Crippen LogP contribution in [-0.2, 0) is 11.3 Å². The van der Waals surface area contributed by atoms with Gasteiger partial charge in [-0.25, -0.2) is 9.59 Å². The third-order valence-electron chi connectivity index (χ3n) is 3.06. The summed E-state index contributed by atoms with van der Waals surface area (Å²) in [5.41, 5.74) is 0.415. The zero-order valence-electron chi connectivity index (χ0n) is 12.7. The van der Waals surface area contributed by atoms with Crippen molar-refractivity contribution in [2.24, 2.45) is 5.41 Å². The molecule has 6 heteroatoms. The summed E-state index contributed by atoms with van der Waals surface area (Å²) in [6.07, 6.45) is 0. The van der Waals surface area contributed by atoms with Gasteiger partial charge in [0.25, 0.3) is 0 Å². The van der Waals surface area contributed by atoms with Gasteiger partial charge in [0.05, 0.1) is 0 Å². The van der Waals surface area contributed by atoms with E-state index in [1.165, 1.54) is 4.90 Å². The van der Waals surface area contributed by atoms with Crippen molar-refractivity contribution in [2.75, 3.05) is 7.05 Å². The number of carbonyl (C=O) groups excluding carboxylic acids is 1. The number of carboxylic acid groups (broad SMARTS) is 1. The maximum Gasteiger partial charge on any atom is 0.326 e. The monoisotopic (exact) mass is 356 g/mol. The maximum absolute atomic E-state index is 12.1. The molecule has 0 fully saturated rings. The number of benzene rings is 1. The number of carboxylic acids is 1. The second-order valence-corrected chi connectivity index (χ2v) is 6.98. The smallest absolute Gasteiger partial charge is 0.326 e. The minimum Gasteiger partial charge on any atom is -0.480 e. The molecule has 1 unspecified atom stereocenters. The number of amides is 2. The molecule has 2 N–H and O–H groups in total. The Balaban J connectivity index is 2.69. The van der Waals surface area contributed by atoms with Crippen molar-refractivity contribution in [3.63, 3.8) is 0 Å². The second kappa shape index (κ2) is 6.93. The summed E-state index contributed by atoms with van der Waals surface area (Å²) in [5.74, 6) is -1.03. The lowest BCUT2D eigenvalue weighted by molar-refractivity contribution is -0.142. The van der Waals surface area contributed by atoms with Gasteiger partial charge < -0.3 is 15.3 Å². The van der Waals surface area contributed by atoms with Crippen LogP contribution in [0.15, 0.2) is 28.7 Å². The molecular formula is C15H21BrN2O3. The summed E-state index contributed by atoms with van der Waals surface area (Å²) >= 11 is 3.35.